The molecule has 3 heteroatoms. The van der Waals surface area contributed by atoms with Gasteiger partial charge in [-0.3, -0.25) is 4.79 Å². The summed E-state index contributed by atoms with van der Waals surface area (Å²) in [6.07, 6.45) is 4.62. The van der Waals surface area contributed by atoms with Crippen LogP contribution in [0.25, 0.3) is 0 Å². The average molecular weight is 262 g/mol. The minimum Gasteiger partial charge on any atom is -0.481 e. The highest BCUT2D eigenvalue weighted by molar-refractivity contribution is 5.75. The zero-order valence-electron chi connectivity index (χ0n) is 11.4. The van der Waals surface area contributed by atoms with Gasteiger partial charge in [-0.25, -0.2) is 0 Å². The largest absolute Gasteiger partial charge is 0.481 e. The Morgan fingerprint density at radius 3 is 2.32 bits per heavy atom. The van der Waals surface area contributed by atoms with Crippen LogP contribution in [0.1, 0.15) is 51.0 Å². The number of carboxylic acids is 1. The van der Waals surface area contributed by atoms with E-state index in [4.69, 9.17) is 0 Å². The highest BCUT2D eigenvalue weighted by Gasteiger charge is 2.45. The molecule has 0 saturated heterocycles. The molecule has 0 radical (unpaired) electrons. The summed E-state index contributed by atoms with van der Waals surface area (Å²) in [7, 11) is 0. The summed E-state index contributed by atoms with van der Waals surface area (Å²) in [5.74, 6) is -0.761. The molecule has 19 heavy (non-hydrogen) atoms. The van der Waals surface area contributed by atoms with Gasteiger partial charge in [0.15, 0.2) is 0 Å². The van der Waals surface area contributed by atoms with E-state index in [1.807, 2.05) is 30.3 Å². The van der Waals surface area contributed by atoms with Crippen molar-refractivity contribution in [2.45, 2.75) is 51.0 Å². The predicted molar refractivity (Wildman–Crippen MR) is 73.8 cm³/mol. The van der Waals surface area contributed by atoms with Crippen molar-refractivity contribution in [1.29, 1.82) is 0 Å². The Bertz CT molecular complexity index is 431. The zero-order valence-corrected chi connectivity index (χ0v) is 11.4. The fraction of sp³-hybridized carbons (Fsp3) is 0.562. The number of aliphatic carboxylic acids is 1. The van der Waals surface area contributed by atoms with Crippen LogP contribution in [0, 0.1) is 5.41 Å². The Balaban J connectivity index is 2.23. The van der Waals surface area contributed by atoms with Gasteiger partial charge in [-0.15, -0.1) is 0 Å². The molecule has 1 saturated carbocycles. The third kappa shape index (κ3) is 2.98. The number of carboxylic acid groups (broad SMARTS) is 1. The maximum atomic E-state index is 11.7. The number of hydrogen-bond acceptors (Lipinski definition) is 2. The Labute approximate surface area is 114 Å². The molecule has 0 spiro atoms. The van der Waals surface area contributed by atoms with E-state index >= 15 is 0 Å². The van der Waals surface area contributed by atoms with Crippen LogP contribution in [0.15, 0.2) is 30.3 Å². The fourth-order valence-electron chi connectivity index (χ4n) is 3.25. The van der Waals surface area contributed by atoms with Crippen LogP contribution < -0.4 is 0 Å². The van der Waals surface area contributed by atoms with Crippen molar-refractivity contribution in [3.63, 3.8) is 0 Å². The number of rotatable bonds is 4. The molecule has 2 rings (SSSR count). The summed E-state index contributed by atoms with van der Waals surface area (Å²) in [5, 5.41) is 20.3. The summed E-state index contributed by atoms with van der Waals surface area (Å²) in [5.41, 5.74) is -1.06. The summed E-state index contributed by atoms with van der Waals surface area (Å²) in [6.45, 7) is 1.72. The molecule has 0 aromatic heterocycles. The molecule has 0 aliphatic heterocycles. The van der Waals surface area contributed by atoms with Crippen LogP contribution in [0.4, 0.5) is 0 Å². The first kappa shape index (κ1) is 14.1. The van der Waals surface area contributed by atoms with Crippen molar-refractivity contribution < 1.29 is 15.0 Å². The van der Waals surface area contributed by atoms with Crippen molar-refractivity contribution in [3.05, 3.63) is 35.9 Å². The normalized spacial score (nSPS) is 21.6. The van der Waals surface area contributed by atoms with E-state index in [1.54, 1.807) is 6.92 Å². The molecule has 0 bridgehead atoms. The topological polar surface area (TPSA) is 57.5 Å². The van der Waals surface area contributed by atoms with Gasteiger partial charge < -0.3 is 10.2 Å². The zero-order chi connectivity index (χ0) is 13.9. The third-order valence-electron chi connectivity index (χ3n) is 4.34. The number of hydrogen-bond donors (Lipinski definition) is 2. The molecule has 3 nitrogen and oxygen atoms in total. The van der Waals surface area contributed by atoms with Crippen molar-refractivity contribution >= 4 is 5.97 Å². The molecule has 1 aliphatic rings. The fourth-order valence-corrected chi connectivity index (χ4v) is 3.25. The molecule has 0 amide bonds. The lowest BCUT2D eigenvalue weighted by Crippen LogP contribution is -2.40. The van der Waals surface area contributed by atoms with Gasteiger partial charge in [-0.05, 0) is 31.7 Å². The minimum absolute atomic E-state index is 0.291. The van der Waals surface area contributed by atoms with Gasteiger partial charge in [-0.2, -0.15) is 0 Å². The van der Waals surface area contributed by atoms with Gasteiger partial charge in [0.2, 0.25) is 0 Å². The third-order valence-corrected chi connectivity index (χ3v) is 4.34. The van der Waals surface area contributed by atoms with Crippen LogP contribution in [0.3, 0.4) is 0 Å². The Hall–Kier alpha value is -1.35. The molecular weight excluding hydrogens is 240 g/mol. The lowest BCUT2D eigenvalue weighted by Gasteiger charge is -2.39. The number of aliphatic hydroxyl groups is 1. The van der Waals surface area contributed by atoms with E-state index in [9.17, 15) is 15.0 Å². The quantitative estimate of drug-likeness (QED) is 0.875. The predicted octanol–water partition coefficient (Wildman–Crippen LogP) is 3.32. The molecule has 1 fully saturated rings. The van der Waals surface area contributed by atoms with E-state index in [0.29, 0.717) is 19.3 Å². The van der Waals surface area contributed by atoms with Crippen LogP contribution >= 0.6 is 0 Å². The van der Waals surface area contributed by atoms with Crippen molar-refractivity contribution in [2.24, 2.45) is 5.41 Å². The first-order valence-electron chi connectivity index (χ1n) is 6.98. The highest BCUT2D eigenvalue weighted by Crippen LogP contribution is 2.45. The Morgan fingerprint density at radius 2 is 1.79 bits per heavy atom. The molecule has 1 aliphatic carbocycles. The van der Waals surface area contributed by atoms with E-state index in [0.717, 1.165) is 24.8 Å². The second-order valence-electron chi connectivity index (χ2n) is 5.96. The Kier molecular flexibility index (Phi) is 3.95. The van der Waals surface area contributed by atoms with Gasteiger partial charge in [0, 0.05) is 0 Å². The SMILES string of the molecule is CC(O)(CC1(C(=O)O)CCCCC1)c1ccccc1. The molecule has 0 heterocycles. The van der Waals surface area contributed by atoms with Gasteiger partial charge in [-0.1, -0.05) is 49.6 Å². The summed E-state index contributed by atoms with van der Waals surface area (Å²) < 4.78 is 0. The van der Waals surface area contributed by atoms with Crippen LogP contribution in [-0.2, 0) is 10.4 Å². The van der Waals surface area contributed by atoms with Crippen molar-refractivity contribution in [2.75, 3.05) is 0 Å². The number of carbonyl (C=O) groups is 1. The van der Waals surface area contributed by atoms with Crippen molar-refractivity contribution in [3.8, 4) is 0 Å². The second-order valence-corrected chi connectivity index (χ2v) is 5.96. The van der Waals surface area contributed by atoms with Gasteiger partial charge in [0.1, 0.15) is 0 Å². The van der Waals surface area contributed by atoms with Crippen LogP contribution in [-0.4, -0.2) is 16.2 Å². The lowest BCUT2D eigenvalue weighted by atomic mass is 9.67. The smallest absolute Gasteiger partial charge is 0.309 e. The van der Waals surface area contributed by atoms with Crippen molar-refractivity contribution in [1.82, 2.24) is 0 Å². The molecule has 1 atom stereocenters. The van der Waals surface area contributed by atoms with E-state index in [2.05, 4.69) is 0 Å². The van der Waals surface area contributed by atoms with Crippen LogP contribution in [0.5, 0.6) is 0 Å². The van der Waals surface area contributed by atoms with Gasteiger partial charge in [0.25, 0.3) is 0 Å². The highest BCUT2D eigenvalue weighted by atomic mass is 16.4. The summed E-state index contributed by atoms with van der Waals surface area (Å²) in [6, 6.07) is 9.36. The van der Waals surface area contributed by atoms with E-state index in [-0.39, 0.29) is 0 Å². The molecule has 104 valence electrons. The average Bonchev–Trinajstić information content (AvgIpc) is 2.40. The maximum absolute atomic E-state index is 11.7. The molecular formula is C16H22O3. The minimum atomic E-state index is -1.09. The first-order chi connectivity index (χ1) is 8.96. The van der Waals surface area contributed by atoms with Gasteiger partial charge in [0.05, 0.1) is 11.0 Å². The maximum Gasteiger partial charge on any atom is 0.309 e. The summed E-state index contributed by atoms with van der Waals surface area (Å²) in [4.78, 5) is 11.7. The molecule has 1 aromatic carbocycles. The standard InChI is InChI=1S/C16H22O3/c1-15(19,13-8-4-2-5-9-13)12-16(14(17)18)10-6-3-7-11-16/h2,4-5,8-9,19H,3,6-7,10-12H2,1H3,(H,17,18). The molecule has 1 aromatic rings. The van der Waals surface area contributed by atoms with Crippen LogP contribution in [0.2, 0.25) is 0 Å². The Morgan fingerprint density at radius 1 is 1.21 bits per heavy atom. The number of benzene rings is 1. The van der Waals surface area contributed by atoms with E-state index < -0.39 is 17.0 Å². The molecule has 2 N–H and O–H groups in total. The molecule has 1 unspecified atom stereocenters. The monoisotopic (exact) mass is 262 g/mol. The second kappa shape index (κ2) is 5.33. The van der Waals surface area contributed by atoms with Gasteiger partial charge >= 0.3 is 5.97 Å². The first-order valence-corrected chi connectivity index (χ1v) is 6.98. The summed E-state index contributed by atoms with van der Waals surface area (Å²) >= 11 is 0. The van der Waals surface area contributed by atoms with E-state index in [1.165, 1.54) is 0 Å². The lowest BCUT2D eigenvalue weighted by molar-refractivity contribution is -0.156.